The number of hydrogen-bond acceptors (Lipinski definition) is 4. The summed E-state index contributed by atoms with van der Waals surface area (Å²) in [7, 11) is 0. The molecular weight excluding hydrogens is 450 g/mol. The Morgan fingerprint density at radius 2 is 2.09 bits per heavy atom. The standard InChI is InChI=1S/C27H28F2N4O2/c1-26-8-16-6-17(9-26)11-27(10-16,14-26)12-23(34)32-24-19-4-5-33(13-22(19)30-15-31-24)25(35)20-7-18(28)2-3-21(20)29/h2-3,7-8,15,17H,4-6,9-14H2,1H3,(H,30,31,32,34). The largest absolute Gasteiger partial charge is 0.332 e. The summed E-state index contributed by atoms with van der Waals surface area (Å²) in [4.78, 5) is 36.1. The van der Waals surface area contributed by atoms with Crippen LogP contribution in [0.3, 0.4) is 0 Å². The second kappa shape index (κ2) is 7.93. The number of fused-ring (bicyclic) bond motifs is 1. The first-order valence-electron chi connectivity index (χ1n) is 12.3. The number of amides is 2. The number of benzene rings is 1. The highest BCUT2D eigenvalue weighted by Crippen LogP contribution is 2.63. The lowest BCUT2D eigenvalue weighted by atomic mass is 9.48. The highest BCUT2D eigenvalue weighted by Gasteiger charge is 2.52. The van der Waals surface area contributed by atoms with Crippen molar-refractivity contribution in [2.24, 2.45) is 16.7 Å². The average molecular weight is 479 g/mol. The lowest BCUT2D eigenvalue weighted by Crippen LogP contribution is -2.47. The molecule has 1 aromatic heterocycles. The second-order valence-electron chi connectivity index (χ2n) is 11.3. The Bertz CT molecular complexity index is 1280. The van der Waals surface area contributed by atoms with Gasteiger partial charge in [0, 0.05) is 18.5 Å². The molecule has 3 unspecified atom stereocenters. The number of carbonyl (C=O) groups is 2. The van der Waals surface area contributed by atoms with Gasteiger partial charge in [-0.15, -0.1) is 0 Å². The molecule has 182 valence electrons. The smallest absolute Gasteiger partial charge is 0.257 e. The molecule has 2 aromatic rings. The van der Waals surface area contributed by atoms with Crippen LogP contribution in [-0.4, -0.2) is 33.2 Å². The van der Waals surface area contributed by atoms with E-state index < -0.39 is 17.5 Å². The molecule has 0 radical (unpaired) electrons. The maximum Gasteiger partial charge on any atom is 0.257 e. The van der Waals surface area contributed by atoms with Crippen molar-refractivity contribution in [3.8, 4) is 0 Å². The van der Waals surface area contributed by atoms with Crippen LogP contribution in [0.15, 0.2) is 36.2 Å². The first-order valence-corrected chi connectivity index (χ1v) is 12.3. The van der Waals surface area contributed by atoms with Gasteiger partial charge in [0.25, 0.3) is 5.91 Å². The Morgan fingerprint density at radius 3 is 2.89 bits per heavy atom. The van der Waals surface area contributed by atoms with E-state index >= 15 is 0 Å². The number of halogens is 2. The van der Waals surface area contributed by atoms with Gasteiger partial charge in [-0.2, -0.15) is 0 Å². The minimum atomic E-state index is -0.757. The molecule has 3 atom stereocenters. The number of anilines is 1. The summed E-state index contributed by atoms with van der Waals surface area (Å²) in [6.07, 6.45) is 10.4. The van der Waals surface area contributed by atoms with Gasteiger partial charge in [0.05, 0.1) is 17.8 Å². The third kappa shape index (κ3) is 4.02. The molecule has 0 spiro atoms. The van der Waals surface area contributed by atoms with Crippen LogP contribution >= 0.6 is 0 Å². The molecule has 4 bridgehead atoms. The summed E-state index contributed by atoms with van der Waals surface area (Å²) in [5.74, 6) is -0.859. The van der Waals surface area contributed by atoms with Crippen LogP contribution in [0.5, 0.6) is 0 Å². The molecule has 4 aliphatic carbocycles. The molecule has 0 saturated heterocycles. The summed E-state index contributed by atoms with van der Waals surface area (Å²) >= 11 is 0. The van der Waals surface area contributed by atoms with Gasteiger partial charge in [0.15, 0.2) is 0 Å². The number of allylic oxidation sites excluding steroid dienone is 2. The number of nitrogens with one attached hydrogen (secondary N) is 1. The molecule has 7 rings (SSSR count). The van der Waals surface area contributed by atoms with Crippen LogP contribution < -0.4 is 5.32 Å². The summed E-state index contributed by atoms with van der Waals surface area (Å²) < 4.78 is 27.7. The Labute approximate surface area is 202 Å². The number of aromatic nitrogens is 2. The van der Waals surface area contributed by atoms with Crippen LogP contribution in [0.25, 0.3) is 0 Å². The number of rotatable bonds is 4. The molecule has 35 heavy (non-hydrogen) atoms. The molecule has 1 N–H and O–H groups in total. The summed E-state index contributed by atoms with van der Waals surface area (Å²) in [5.41, 5.74) is 2.89. The van der Waals surface area contributed by atoms with Gasteiger partial charge in [0.1, 0.15) is 23.8 Å². The van der Waals surface area contributed by atoms with Crippen molar-refractivity contribution < 1.29 is 18.4 Å². The minimum Gasteiger partial charge on any atom is -0.332 e. The van der Waals surface area contributed by atoms with E-state index in [1.54, 1.807) is 0 Å². The summed E-state index contributed by atoms with van der Waals surface area (Å²) in [6, 6.07) is 2.86. The van der Waals surface area contributed by atoms with Gasteiger partial charge in [-0.25, -0.2) is 18.7 Å². The minimum absolute atomic E-state index is 0.0302. The van der Waals surface area contributed by atoms with E-state index in [1.165, 1.54) is 29.6 Å². The van der Waals surface area contributed by atoms with Crippen LogP contribution in [0, 0.1) is 28.4 Å². The highest BCUT2D eigenvalue weighted by atomic mass is 19.1. The average Bonchev–Trinajstić information content (AvgIpc) is 2.78. The highest BCUT2D eigenvalue weighted by molar-refractivity contribution is 5.95. The second-order valence-corrected chi connectivity index (χ2v) is 11.3. The molecule has 1 aromatic carbocycles. The monoisotopic (exact) mass is 478 g/mol. The third-order valence-electron chi connectivity index (χ3n) is 8.21. The van der Waals surface area contributed by atoms with Crippen LogP contribution in [0.1, 0.15) is 67.1 Å². The maximum absolute atomic E-state index is 14.1. The molecule has 1 aliphatic heterocycles. The van der Waals surface area contributed by atoms with E-state index in [4.69, 9.17) is 0 Å². The van der Waals surface area contributed by atoms with Crippen molar-refractivity contribution in [2.75, 3.05) is 11.9 Å². The molecule has 8 heteroatoms. The van der Waals surface area contributed by atoms with Crippen molar-refractivity contribution in [2.45, 2.75) is 58.4 Å². The summed E-state index contributed by atoms with van der Waals surface area (Å²) in [5, 5.41) is 3.03. The first kappa shape index (κ1) is 22.3. The topological polar surface area (TPSA) is 75.2 Å². The molecular formula is C27H28F2N4O2. The van der Waals surface area contributed by atoms with Crippen molar-refractivity contribution in [3.63, 3.8) is 0 Å². The predicted molar refractivity (Wildman–Crippen MR) is 125 cm³/mol. The Kier molecular flexibility index (Phi) is 5.06. The van der Waals surface area contributed by atoms with Gasteiger partial charge >= 0.3 is 0 Å². The van der Waals surface area contributed by atoms with Crippen LogP contribution in [-0.2, 0) is 17.8 Å². The first-order chi connectivity index (χ1) is 16.7. The summed E-state index contributed by atoms with van der Waals surface area (Å²) in [6.45, 7) is 2.78. The van der Waals surface area contributed by atoms with E-state index in [0.29, 0.717) is 36.8 Å². The Balaban J connectivity index is 1.17. The van der Waals surface area contributed by atoms with Gasteiger partial charge < -0.3 is 10.2 Å². The van der Waals surface area contributed by atoms with Crippen molar-refractivity contribution in [3.05, 3.63) is 64.6 Å². The van der Waals surface area contributed by atoms with Gasteiger partial charge in [0.2, 0.25) is 5.91 Å². The van der Waals surface area contributed by atoms with Gasteiger partial charge in [-0.05, 0) is 73.5 Å². The van der Waals surface area contributed by atoms with Crippen LogP contribution in [0.4, 0.5) is 14.6 Å². The van der Waals surface area contributed by atoms with E-state index in [1.807, 2.05) is 0 Å². The number of hydrogen-bond donors (Lipinski definition) is 1. The zero-order valence-electron chi connectivity index (χ0n) is 19.7. The fourth-order valence-corrected chi connectivity index (χ4v) is 7.44. The molecule has 6 nitrogen and oxygen atoms in total. The number of carbonyl (C=O) groups excluding carboxylic acids is 2. The molecule has 2 saturated carbocycles. The zero-order chi connectivity index (χ0) is 24.4. The van der Waals surface area contributed by atoms with Crippen molar-refractivity contribution in [1.29, 1.82) is 0 Å². The lowest BCUT2D eigenvalue weighted by molar-refractivity contribution is -0.121. The maximum atomic E-state index is 14.1. The number of nitrogens with zero attached hydrogens (tertiary/aromatic N) is 3. The normalized spacial score (nSPS) is 28.5. The fourth-order valence-electron chi connectivity index (χ4n) is 7.44. The SMILES string of the molecule is CC12C=C3CC(C1)CC(CC(=O)Nc1ncnc4c1CCN(C(=O)c1cc(F)ccc1F)C4)(C3)C2. The van der Waals surface area contributed by atoms with Gasteiger partial charge in [-0.3, -0.25) is 9.59 Å². The Morgan fingerprint density at radius 1 is 1.23 bits per heavy atom. The fraction of sp³-hybridized carbons (Fsp3) is 0.481. The quantitative estimate of drug-likeness (QED) is 0.640. The van der Waals surface area contributed by atoms with E-state index in [2.05, 4.69) is 28.3 Å². The van der Waals surface area contributed by atoms with Crippen molar-refractivity contribution >= 4 is 17.6 Å². The van der Waals surface area contributed by atoms with Crippen molar-refractivity contribution in [1.82, 2.24) is 14.9 Å². The molecule has 2 heterocycles. The third-order valence-corrected chi connectivity index (χ3v) is 8.21. The van der Waals surface area contributed by atoms with Gasteiger partial charge in [-0.1, -0.05) is 18.6 Å². The molecule has 2 amide bonds. The van der Waals surface area contributed by atoms with Crippen LogP contribution in [0.2, 0.25) is 0 Å². The molecule has 2 fully saturated rings. The molecule has 5 aliphatic rings. The van der Waals surface area contributed by atoms with E-state index in [-0.39, 0.29) is 28.8 Å². The zero-order valence-corrected chi connectivity index (χ0v) is 19.7. The van der Waals surface area contributed by atoms with E-state index in [9.17, 15) is 18.4 Å². The Hall–Kier alpha value is -3.16. The predicted octanol–water partition coefficient (Wildman–Crippen LogP) is 4.81. The lowest BCUT2D eigenvalue weighted by Gasteiger charge is -2.57. The van der Waals surface area contributed by atoms with E-state index in [0.717, 1.165) is 43.0 Å².